The van der Waals surface area contributed by atoms with Gasteiger partial charge in [-0.1, -0.05) is 72.8 Å². The molecule has 0 saturated carbocycles. The second-order valence-corrected chi connectivity index (χ2v) is 8.40. The Kier molecular flexibility index (Phi) is 6.18. The Labute approximate surface area is 204 Å². The van der Waals surface area contributed by atoms with E-state index in [4.69, 9.17) is 4.74 Å². The monoisotopic (exact) mass is 459 g/mol. The maximum Gasteiger partial charge on any atom is 0.335 e. The molecule has 35 heavy (non-hydrogen) atoms. The van der Waals surface area contributed by atoms with Gasteiger partial charge in [0.05, 0.1) is 11.3 Å². The fraction of sp³-hybridized carbons (Fsp3) is 0.0645. The van der Waals surface area contributed by atoms with Gasteiger partial charge in [0.15, 0.2) is 0 Å². The first-order valence-corrected chi connectivity index (χ1v) is 11.5. The highest BCUT2D eigenvalue weighted by Crippen LogP contribution is 2.37. The molecule has 0 aliphatic rings. The lowest BCUT2D eigenvalue weighted by Gasteiger charge is -2.17. The first-order chi connectivity index (χ1) is 17.1. The Hall–Kier alpha value is -4.57. The van der Waals surface area contributed by atoms with Crippen LogP contribution in [0.15, 0.2) is 115 Å². The van der Waals surface area contributed by atoms with Crippen LogP contribution in [0.5, 0.6) is 5.75 Å². The number of carboxylic acid groups (broad SMARTS) is 1. The van der Waals surface area contributed by atoms with Crippen LogP contribution in [0.2, 0.25) is 0 Å². The van der Waals surface area contributed by atoms with Crippen LogP contribution >= 0.6 is 0 Å². The second kappa shape index (κ2) is 9.74. The van der Waals surface area contributed by atoms with Gasteiger partial charge in [0.1, 0.15) is 12.4 Å². The van der Waals surface area contributed by atoms with E-state index in [0.29, 0.717) is 6.61 Å². The highest BCUT2D eigenvalue weighted by molar-refractivity contribution is 5.88. The van der Waals surface area contributed by atoms with Crippen molar-refractivity contribution in [1.82, 2.24) is 4.57 Å². The molecule has 0 radical (unpaired) electrons. The lowest BCUT2D eigenvalue weighted by atomic mass is 10.0. The van der Waals surface area contributed by atoms with Crippen LogP contribution in [0, 0.1) is 6.92 Å². The summed E-state index contributed by atoms with van der Waals surface area (Å²) in [6.45, 7) is 2.47. The minimum atomic E-state index is -0.948. The van der Waals surface area contributed by atoms with Crippen molar-refractivity contribution < 1.29 is 14.6 Å². The fourth-order valence-electron chi connectivity index (χ4n) is 4.27. The minimum Gasteiger partial charge on any atom is -0.488 e. The molecule has 0 bridgehead atoms. The molecule has 0 unspecified atom stereocenters. The molecular formula is C31H25NO3. The Morgan fingerprint density at radius 3 is 2.26 bits per heavy atom. The first kappa shape index (κ1) is 22.2. The van der Waals surface area contributed by atoms with Gasteiger partial charge in [-0.05, 0) is 66.1 Å². The van der Waals surface area contributed by atoms with Gasteiger partial charge < -0.3 is 14.4 Å². The predicted molar refractivity (Wildman–Crippen MR) is 139 cm³/mol. The topological polar surface area (TPSA) is 51.5 Å². The smallest absolute Gasteiger partial charge is 0.335 e. The third-order valence-corrected chi connectivity index (χ3v) is 6.03. The van der Waals surface area contributed by atoms with Crippen molar-refractivity contribution in [2.75, 3.05) is 0 Å². The summed E-state index contributed by atoms with van der Waals surface area (Å²) in [7, 11) is 0. The Morgan fingerprint density at radius 2 is 1.51 bits per heavy atom. The number of aryl methyl sites for hydroxylation is 1. The molecule has 4 heteroatoms. The van der Waals surface area contributed by atoms with E-state index in [9.17, 15) is 9.90 Å². The van der Waals surface area contributed by atoms with Gasteiger partial charge in [-0.25, -0.2) is 4.79 Å². The maximum absolute atomic E-state index is 11.6. The van der Waals surface area contributed by atoms with E-state index in [1.54, 1.807) is 18.2 Å². The van der Waals surface area contributed by atoms with E-state index in [-0.39, 0.29) is 5.56 Å². The van der Waals surface area contributed by atoms with Crippen LogP contribution < -0.4 is 4.74 Å². The average molecular weight is 460 g/mol. The molecule has 1 heterocycles. The molecule has 1 N–H and O–H groups in total. The molecule has 5 aromatic rings. The van der Waals surface area contributed by atoms with E-state index in [1.165, 1.54) is 0 Å². The lowest BCUT2D eigenvalue weighted by molar-refractivity contribution is 0.0697. The molecule has 0 amide bonds. The van der Waals surface area contributed by atoms with Crippen LogP contribution in [0.1, 0.15) is 21.6 Å². The normalized spacial score (nSPS) is 10.8. The number of ether oxygens (including phenoxy) is 1. The van der Waals surface area contributed by atoms with Crippen molar-refractivity contribution >= 4 is 5.97 Å². The highest BCUT2D eigenvalue weighted by Gasteiger charge is 2.17. The fourth-order valence-corrected chi connectivity index (χ4v) is 4.27. The van der Waals surface area contributed by atoms with Crippen LogP contribution in [0.25, 0.3) is 28.1 Å². The zero-order valence-corrected chi connectivity index (χ0v) is 19.4. The SMILES string of the molecule is Cc1ccc(-c2cc(-c3ccccc3)ccc2OCc2ccccc2)n1-c1cccc(C(=O)O)c1. The molecule has 4 nitrogen and oxygen atoms in total. The zero-order chi connectivity index (χ0) is 24.2. The number of aromatic nitrogens is 1. The van der Waals surface area contributed by atoms with Crippen LogP contribution in [0.4, 0.5) is 0 Å². The van der Waals surface area contributed by atoms with E-state index >= 15 is 0 Å². The van der Waals surface area contributed by atoms with Gasteiger partial charge in [0.2, 0.25) is 0 Å². The summed E-state index contributed by atoms with van der Waals surface area (Å²) < 4.78 is 8.40. The molecule has 1 aromatic heterocycles. The van der Waals surface area contributed by atoms with Crippen molar-refractivity contribution in [3.05, 3.63) is 132 Å². The molecule has 5 rings (SSSR count). The van der Waals surface area contributed by atoms with E-state index in [1.807, 2.05) is 73.7 Å². The Balaban J connectivity index is 1.63. The van der Waals surface area contributed by atoms with Crippen LogP contribution in [-0.4, -0.2) is 15.6 Å². The van der Waals surface area contributed by atoms with Crippen LogP contribution in [-0.2, 0) is 6.61 Å². The molecule has 172 valence electrons. The number of hydrogen-bond donors (Lipinski definition) is 1. The van der Waals surface area contributed by atoms with Gasteiger partial charge in [-0.2, -0.15) is 0 Å². The van der Waals surface area contributed by atoms with Gasteiger partial charge >= 0.3 is 5.97 Å². The summed E-state index contributed by atoms with van der Waals surface area (Å²) in [5, 5.41) is 9.52. The van der Waals surface area contributed by atoms with E-state index in [0.717, 1.165) is 45.1 Å². The first-order valence-electron chi connectivity index (χ1n) is 11.5. The molecule has 0 saturated heterocycles. The summed E-state index contributed by atoms with van der Waals surface area (Å²) in [6, 6.07) is 37.6. The summed E-state index contributed by atoms with van der Waals surface area (Å²) >= 11 is 0. The van der Waals surface area contributed by atoms with Crippen molar-refractivity contribution in [2.24, 2.45) is 0 Å². The summed E-state index contributed by atoms with van der Waals surface area (Å²) in [4.78, 5) is 11.6. The quantitative estimate of drug-likeness (QED) is 0.276. The molecular weight excluding hydrogens is 434 g/mol. The van der Waals surface area contributed by atoms with Gasteiger partial charge in [-0.15, -0.1) is 0 Å². The number of benzene rings is 4. The largest absolute Gasteiger partial charge is 0.488 e. The summed E-state index contributed by atoms with van der Waals surface area (Å²) in [6.07, 6.45) is 0. The highest BCUT2D eigenvalue weighted by atomic mass is 16.5. The lowest BCUT2D eigenvalue weighted by Crippen LogP contribution is -2.04. The van der Waals surface area contributed by atoms with Gasteiger partial charge in [-0.3, -0.25) is 0 Å². The Bertz CT molecular complexity index is 1470. The standard InChI is InChI=1S/C31H25NO3/c1-22-15-17-29(32(22)27-14-8-13-26(19-27)31(33)34)28-20-25(24-11-6-3-7-12-24)16-18-30(28)35-21-23-9-4-2-5-10-23/h2-20H,21H2,1H3,(H,33,34). The molecule has 0 aliphatic carbocycles. The maximum atomic E-state index is 11.6. The number of nitrogens with zero attached hydrogens (tertiary/aromatic N) is 1. The molecule has 0 aliphatic heterocycles. The van der Waals surface area contributed by atoms with Crippen molar-refractivity contribution in [3.8, 4) is 33.8 Å². The number of rotatable bonds is 7. The number of carbonyl (C=O) groups is 1. The van der Waals surface area contributed by atoms with E-state index < -0.39 is 5.97 Å². The van der Waals surface area contributed by atoms with Crippen molar-refractivity contribution in [1.29, 1.82) is 0 Å². The summed E-state index contributed by atoms with van der Waals surface area (Å²) in [5.41, 5.74) is 7.21. The zero-order valence-electron chi connectivity index (χ0n) is 19.4. The second-order valence-electron chi connectivity index (χ2n) is 8.40. The van der Waals surface area contributed by atoms with Gasteiger partial charge in [0.25, 0.3) is 0 Å². The molecule has 0 atom stereocenters. The predicted octanol–water partition coefficient (Wildman–Crippen LogP) is 7.40. The number of carboxylic acids is 1. The molecule has 4 aromatic carbocycles. The number of hydrogen-bond acceptors (Lipinski definition) is 2. The number of aromatic carboxylic acids is 1. The van der Waals surface area contributed by atoms with Crippen molar-refractivity contribution in [2.45, 2.75) is 13.5 Å². The van der Waals surface area contributed by atoms with Crippen LogP contribution in [0.3, 0.4) is 0 Å². The molecule has 0 fully saturated rings. The van der Waals surface area contributed by atoms with Crippen molar-refractivity contribution in [3.63, 3.8) is 0 Å². The minimum absolute atomic E-state index is 0.250. The summed E-state index contributed by atoms with van der Waals surface area (Å²) in [5.74, 6) is -0.182. The average Bonchev–Trinajstić information content (AvgIpc) is 3.29. The molecule has 0 spiro atoms. The van der Waals surface area contributed by atoms with E-state index in [2.05, 4.69) is 34.9 Å². The van der Waals surface area contributed by atoms with Gasteiger partial charge in [0, 0.05) is 16.9 Å². The third-order valence-electron chi connectivity index (χ3n) is 6.03. The third kappa shape index (κ3) is 4.73. The Morgan fingerprint density at radius 1 is 0.771 bits per heavy atom.